The second kappa shape index (κ2) is 5.90. The van der Waals surface area contributed by atoms with Crippen molar-refractivity contribution in [1.29, 1.82) is 0 Å². The van der Waals surface area contributed by atoms with Crippen molar-refractivity contribution in [3.05, 3.63) is 0 Å². The highest BCUT2D eigenvalue weighted by Gasteiger charge is 2.34. The zero-order valence-corrected chi connectivity index (χ0v) is 9.83. The maximum absolute atomic E-state index is 11.5. The molecule has 0 saturated carbocycles. The number of carbonyl (C=O) groups is 3. The SMILES string of the molecule is BC1CC(=O)N(CCNC(=O)COS)C1=O. The van der Waals surface area contributed by atoms with E-state index in [0.717, 1.165) is 0 Å². The van der Waals surface area contributed by atoms with E-state index in [1.54, 1.807) is 7.85 Å². The molecule has 0 aliphatic carbocycles. The first-order valence-corrected chi connectivity index (χ1v) is 5.30. The maximum atomic E-state index is 11.5. The van der Waals surface area contributed by atoms with Crippen molar-refractivity contribution in [2.24, 2.45) is 0 Å². The van der Waals surface area contributed by atoms with Crippen LogP contribution in [-0.4, -0.2) is 50.2 Å². The zero-order chi connectivity index (χ0) is 12.1. The molecule has 8 heteroatoms. The van der Waals surface area contributed by atoms with Gasteiger partial charge in [-0.3, -0.25) is 19.3 Å². The van der Waals surface area contributed by atoms with Crippen molar-refractivity contribution in [3.63, 3.8) is 0 Å². The number of nitrogens with zero attached hydrogens (tertiary/aromatic N) is 1. The summed E-state index contributed by atoms with van der Waals surface area (Å²) < 4.78 is 4.32. The van der Waals surface area contributed by atoms with E-state index in [9.17, 15) is 14.4 Å². The molecule has 0 aromatic rings. The molecule has 1 fully saturated rings. The topological polar surface area (TPSA) is 75.7 Å². The Balaban J connectivity index is 2.30. The maximum Gasteiger partial charge on any atom is 0.247 e. The molecule has 0 bridgehead atoms. The van der Waals surface area contributed by atoms with Crippen LogP contribution in [0.1, 0.15) is 6.42 Å². The van der Waals surface area contributed by atoms with E-state index in [1.165, 1.54) is 4.90 Å². The Morgan fingerprint density at radius 3 is 2.81 bits per heavy atom. The van der Waals surface area contributed by atoms with Gasteiger partial charge >= 0.3 is 0 Å². The molecule has 6 nitrogen and oxygen atoms in total. The molecule has 0 aromatic heterocycles. The summed E-state index contributed by atoms with van der Waals surface area (Å²) in [6, 6.07) is 0. The number of hydrogen-bond acceptors (Lipinski definition) is 5. The average Bonchev–Trinajstić information content (AvgIpc) is 2.45. The van der Waals surface area contributed by atoms with Crippen LogP contribution in [0.3, 0.4) is 0 Å². The molecule has 1 heterocycles. The second-order valence-corrected chi connectivity index (χ2v) is 3.87. The molecule has 16 heavy (non-hydrogen) atoms. The number of hydrogen-bond donors (Lipinski definition) is 2. The van der Waals surface area contributed by atoms with Crippen molar-refractivity contribution >= 4 is 38.5 Å². The van der Waals surface area contributed by atoms with Gasteiger partial charge in [-0.05, 0) is 12.9 Å². The minimum atomic E-state index is -0.331. The average molecular weight is 244 g/mol. The summed E-state index contributed by atoms with van der Waals surface area (Å²) >= 11 is 3.43. The van der Waals surface area contributed by atoms with Crippen LogP contribution in [0.4, 0.5) is 0 Å². The Labute approximate surface area is 99.7 Å². The number of nitrogens with one attached hydrogen (secondary N) is 1. The number of thiol groups is 1. The van der Waals surface area contributed by atoms with Gasteiger partial charge in [0.15, 0.2) is 0 Å². The van der Waals surface area contributed by atoms with Crippen LogP contribution in [0, 0.1) is 0 Å². The summed E-state index contributed by atoms with van der Waals surface area (Å²) in [4.78, 5) is 35.0. The normalized spacial score (nSPS) is 20.3. The van der Waals surface area contributed by atoms with Crippen LogP contribution in [0.15, 0.2) is 0 Å². The third-order valence-corrected chi connectivity index (χ3v) is 2.45. The lowest BCUT2D eigenvalue weighted by Gasteiger charge is -2.14. The third kappa shape index (κ3) is 3.24. The van der Waals surface area contributed by atoms with E-state index in [-0.39, 0.29) is 49.7 Å². The first-order chi connectivity index (χ1) is 7.56. The summed E-state index contributed by atoms with van der Waals surface area (Å²) in [5, 5.41) is 2.51. The summed E-state index contributed by atoms with van der Waals surface area (Å²) in [6.45, 7) is 0.294. The first-order valence-electron chi connectivity index (χ1n) is 4.93. The quantitative estimate of drug-likeness (QED) is 0.257. The van der Waals surface area contributed by atoms with Crippen LogP contribution in [-0.2, 0) is 18.6 Å². The Morgan fingerprint density at radius 1 is 1.62 bits per heavy atom. The number of carbonyl (C=O) groups excluding carboxylic acids is 3. The monoisotopic (exact) mass is 244 g/mol. The fourth-order valence-corrected chi connectivity index (χ4v) is 1.62. The molecule has 3 amide bonds. The van der Waals surface area contributed by atoms with Crippen LogP contribution >= 0.6 is 12.9 Å². The van der Waals surface area contributed by atoms with E-state index in [4.69, 9.17) is 0 Å². The number of rotatable bonds is 5. The molecule has 1 rings (SSSR count). The molecule has 1 atom stereocenters. The number of amides is 3. The van der Waals surface area contributed by atoms with Gasteiger partial charge in [0.2, 0.25) is 17.7 Å². The van der Waals surface area contributed by atoms with Gasteiger partial charge in [-0.15, -0.1) is 0 Å². The molecule has 1 aliphatic rings. The van der Waals surface area contributed by atoms with Crippen LogP contribution in [0.2, 0.25) is 5.82 Å². The van der Waals surface area contributed by atoms with Crippen molar-refractivity contribution in [3.8, 4) is 0 Å². The zero-order valence-electron chi connectivity index (χ0n) is 8.93. The van der Waals surface area contributed by atoms with E-state index < -0.39 is 0 Å². The standard InChI is InChI=1S/C8H13BN2O4S/c9-5-3-7(13)11(8(5)14)2-1-10-6(12)4-15-16/h5,16H,1-4,9H2,(H,10,12). The van der Waals surface area contributed by atoms with Gasteiger partial charge in [0, 0.05) is 25.3 Å². The lowest BCUT2D eigenvalue weighted by Crippen LogP contribution is -2.39. The summed E-state index contributed by atoms with van der Waals surface area (Å²) in [5.74, 6) is -0.937. The highest BCUT2D eigenvalue weighted by molar-refractivity contribution is 7.75. The predicted molar refractivity (Wildman–Crippen MR) is 61.6 cm³/mol. The molecule has 0 spiro atoms. The molecule has 88 valence electrons. The van der Waals surface area contributed by atoms with E-state index in [1.807, 2.05) is 0 Å². The molecular weight excluding hydrogens is 231 g/mol. The molecule has 0 radical (unpaired) electrons. The summed E-state index contributed by atoms with van der Waals surface area (Å²) in [6.07, 6.45) is 0.256. The minimum absolute atomic E-state index is 0.151. The first kappa shape index (κ1) is 13.1. The molecule has 1 unspecified atom stereocenters. The molecule has 0 aromatic carbocycles. The van der Waals surface area contributed by atoms with Crippen molar-refractivity contribution < 1.29 is 18.6 Å². The number of imide groups is 1. The molecular formula is C8H13BN2O4S. The second-order valence-electron chi connectivity index (χ2n) is 3.61. The largest absolute Gasteiger partial charge is 0.352 e. The van der Waals surface area contributed by atoms with Crippen LogP contribution in [0.5, 0.6) is 0 Å². The Morgan fingerprint density at radius 2 is 2.31 bits per heavy atom. The van der Waals surface area contributed by atoms with Crippen molar-refractivity contribution in [2.75, 3.05) is 19.7 Å². The molecule has 1 saturated heterocycles. The number of likely N-dealkylation sites (tertiary alicyclic amines) is 1. The van der Waals surface area contributed by atoms with E-state index >= 15 is 0 Å². The van der Waals surface area contributed by atoms with Gasteiger partial charge in [-0.25, -0.2) is 0 Å². The fourth-order valence-electron chi connectivity index (χ4n) is 1.50. The smallest absolute Gasteiger partial charge is 0.247 e. The van der Waals surface area contributed by atoms with Gasteiger partial charge in [0.25, 0.3) is 0 Å². The highest BCUT2D eigenvalue weighted by atomic mass is 32.1. The Hall–Kier alpha value is -1.02. The van der Waals surface area contributed by atoms with Crippen molar-refractivity contribution in [1.82, 2.24) is 10.2 Å². The van der Waals surface area contributed by atoms with E-state index in [0.29, 0.717) is 0 Å². The summed E-state index contributed by atoms with van der Waals surface area (Å²) in [5.41, 5.74) is 0. The summed E-state index contributed by atoms with van der Waals surface area (Å²) in [7, 11) is 1.72. The third-order valence-electron chi connectivity index (χ3n) is 2.32. The molecule has 1 N–H and O–H groups in total. The van der Waals surface area contributed by atoms with Gasteiger partial charge in [0.05, 0.1) is 0 Å². The van der Waals surface area contributed by atoms with Gasteiger partial charge in [-0.1, -0.05) is 0 Å². The highest BCUT2D eigenvalue weighted by Crippen LogP contribution is 2.20. The lowest BCUT2D eigenvalue weighted by molar-refractivity contribution is -0.138. The van der Waals surface area contributed by atoms with Crippen LogP contribution < -0.4 is 5.32 Å². The predicted octanol–water partition coefficient (Wildman–Crippen LogP) is -1.86. The van der Waals surface area contributed by atoms with Crippen LogP contribution in [0.25, 0.3) is 0 Å². The van der Waals surface area contributed by atoms with Gasteiger partial charge < -0.3 is 9.50 Å². The lowest BCUT2D eigenvalue weighted by atomic mass is 9.86. The minimum Gasteiger partial charge on any atom is -0.352 e. The molecule has 1 aliphatic heterocycles. The Bertz CT molecular complexity index is 312. The van der Waals surface area contributed by atoms with Gasteiger partial charge in [-0.2, -0.15) is 0 Å². The Kier molecular flexibility index (Phi) is 4.82. The van der Waals surface area contributed by atoms with E-state index in [2.05, 4.69) is 22.4 Å². The van der Waals surface area contributed by atoms with Gasteiger partial charge in [0.1, 0.15) is 14.5 Å². The van der Waals surface area contributed by atoms with Crippen molar-refractivity contribution in [2.45, 2.75) is 12.2 Å². The fraction of sp³-hybridized carbons (Fsp3) is 0.625.